The SMILES string of the molecule is CSc1cccc(OC2CC(C)OC(C)C2)c1C(N)=S. The van der Waals surface area contributed by atoms with Gasteiger partial charge in [0.25, 0.3) is 0 Å². The molecule has 1 aliphatic heterocycles. The minimum absolute atomic E-state index is 0.152. The van der Waals surface area contributed by atoms with Crippen LogP contribution in [0.4, 0.5) is 0 Å². The summed E-state index contributed by atoms with van der Waals surface area (Å²) in [6.07, 6.45) is 4.40. The van der Waals surface area contributed by atoms with Crippen molar-refractivity contribution < 1.29 is 9.47 Å². The molecule has 20 heavy (non-hydrogen) atoms. The molecular weight excluding hydrogens is 290 g/mol. The zero-order valence-electron chi connectivity index (χ0n) is 12.1. The summed E-state index contributed by atoms with van der Waals surface area (Å²) < 4.78 is 11.9. The third kappa shape index (κ3) is 3.65. The Morgan fingerprint density at radius 1 is 1.35 bits per heavy atom. The molecule has 0 spiro atoms. The smallest absolute Gasteiger partial charge is 0.131 e. The highest BCUT2D eigenvalue weighted by Gasteiger charge is 2.27. The Balaban J connectivity index is 2.22. The summed E-state index contributed by atoms with van der Waals surface area (Å²) in [4.78, 5) is 1.45. The summed E-state index contributed by atoms with van der Waals surface area (Å²) in [6.45, 7) is 4.16. The van der Waals surface area contributed by atoms with E-state index >= 15 is 0 Å². The van der Waals surface area contributed by atoms with Gasteiger partial charge in [-0.05, 0) is 32.2 Å². The molecule has 1 fully saturated rings. The zero-order chi connectivity index (χ0) is 14.7. The minimum atomic E-state index is 0.152. The van der Waals surface area contributed by atoms with Crippen molar-refractivity contribution in [2.75, 3.05) is 6.26 Å². The molecule has 0 aliphatic carbocycles. The fourth-order valence-corrected chi connectivity index (χ4v) is 3.55. The summed E-state index contributed by atoms with van der Waals surface area (Å²) in [5, 5.41) is 0. The topological polar surface area (TPSA) is 44.5 Å². The van der Waals surface area contributed by atoms with Gasteiger partial charge >= 0.3 is 0 Å². The Labute approximate surface area is 130 Å². The van der Waals surface area contributed by atoms with E-state index in [0.717, 1.165) is 29.1 Å². The Kier molecular flexibility index (Phi) is 5.29. The standard InChI is InChI=1S/C15H21NO2S2/c1-9-7-11(8-10(2)17-9)18-12-5-4-6-13(20-3)14(12)15(16)19/h4-6,9-11H,7-8H2,1-3H3,(H2,16,19). The molecule has 1 aliphatic rings. The average Bonchev–Trinajstić information content (AvgIpc) is 2.36. The van der Waals surface area contributed by atoms with Crippen LogP contribution in [-0.4, -0.2) is 29.6 Å². The van der Waals surface area contributed by atoms with Crippen LogP contribution in [0.5, 0.6) is 5.75 Å². The van der Waals surface area contributed by atoms with Crippen molar-refractivity contribution in [2.24, 2.45) is 5.73 Å². The van der Waals surface area contributed by atoms with Crippen molar-refractivity contribution in [3.05, 3.63) is 23.8 Å². The lowest BCUT2D eigenvalue weighted by Gasteiger charge is -2.32. The van der Waals surface area contributed by atoms with Crippen LogP contribution in [0.1, 0.15) is 32.3 Å². The van der Waals surface area contributed by atoms with Crippen molar-refractivity contribution >= 4 is 29.0 Å². The van der Waals surface area contributed by atoms with Crippen molar-refractivity contribution in [3.63, 3.8) is 0 Å². The molecule has 2 N–H and O–H groups in total. The van der Waals surface area contributed by atoms with Crippen LogP contribution in [0, 0.1) is 0 Å². The van der Waals surface area contributed by atoms with E-state index in [1.165, 1.54) is 0 Å². The number of hydrogen-bond acceptors (Lipinski definition) is 4. The van der Waals surface area contributed by atoms with E-state index in [1.807, 2.05) is 24.5 Å². The Morgan fingerprint density at radius 3 is 2.55 bits per heavy atom. The van der Waals surface area contributed by atoms with Crippen molar-refractivity contribution in [1.82, 2.24) is 0 Å². The molecular formula is C15H21NO2S2. The lowest BCUT2D eigenvalue weighted by atomic mass is 10.0. The van der Waals surface area contributed by atoms with Crippen LogP contribution in [-0.2, 0) is 4.74 Å². The van der Waals surface area contributed by atoms with Crippen LogP contribution in [0.2, 0.25) is 0 Å². The number of thiocarbonyl (C=S) groups is 1. The van der Waals surface area contributed by atoms with Gasteiger partial charge in [-0.15, -0.1) is 11.8 Å². The van der Waals surface area contributed by atoms with Gasteiger partial charge in [0, 0.05) is 17.7 Å². The van der Waals surface area contributed by atoms with E-state index in [0.29, 0.717) is 4.99 Å². The first kappa shape index (κ1) is 15.6. The summed E-state index contributed by atoms with van der Waals surface area (Å²) >= 11 is 6.81. The molecule has 110 valence electrons. The van der Waals surface area contributed by atoms with Gasteiger partial charge in [0.15, 0.2) is 0 Å². The molecule has 1 heterocycles. The van der Waals surface area contributed by atoms with E-state index < -0.39 is 0 Å². The summed E-state index contributed by atoms with van der Waals surface area (Å²) in [7, 11) is 0. The van der Waals surface area contributed by atoms with Crippen LogP contribution < -0.4 is 10.5 Å². The maximum Gasteiger partial charge on any atom is 0.131 e. The van der Waals surface area contributed by atoms with Crippen molar-refractivity contribution in [1.29, 1.82) is 0 Å². The fraction of sp³-hybridized carbons (Fsp3) is 0.533. The average molecular weight is 311 g/mol. The Bertz CT molecular complexity index is 483. The highest BCUT2D eigenvalue weighted by molar-refractivity contribution is 7.98. The molecule has 5 heteroatoms. The highest BCUT2D eigenvalue weighted by atomic mass is 32.2. The van der Waals surface area contributed by atoms with Gasteiger partial charge in [-0.1, -0.05) is 18.3 Å². The van der Waals surface area contributed by atoms with Crippen molar-refractivity contribution in [3.8, 4) is 5.75 Å². The Hall–Kier alpha value is -0.780. The maximum absolute atomic E-state index is 6.17. The quantitative estimate of drug-likeness (QED) is 0.682. The minimum Gasteiger partial charge on any atom is -0.489 e. The molecule has 1 aromatic carbocycles. The second-order valence-corrected chi connectivity index (χ2v) is 6.45. The van der Waals surface area contributed by atoms with E-state index in [4.69, 9.17) is 27.4 Å². The van der Waals surface area contributed by atoms with Crippen LogP contribution in [0.15, 0.2) is 23.1 Å². The molecule has 0 radical (unpaired) electrons. The summed E-state index contributed by atoms with van der Waals surface area (Å²) in [6, 6.07) is 5.94. The summed E-state index contributed by atoms with van der Waals surface area (Å²) in [5.41, 5.74) is 6.71. The molecule has 0 amide bonds. The van der Waals surface area contributed by atoms with Crippen molar-refractivity contribution in [2.45, 2.75) is 49.9 Å². The number of hydrogen-bond donors (Lipinski definition) is 1. The normalized spacial score (nSPS) is 26.2. The lowest BCUT2D eigenvalue weighted by molar-refractivity contribution is -0.0722. The third-order valence-corrected chi connectivity index (χ3v) is 4.39. The predicted octanol–water partition coefficient (Wildman–Crippen LogP) is 3.38. The van der Waals surface area contributed by atoms with Gasteiger partial charge in [0.2, 0.25) is 0 Å². The van der Waals surface area contributed by atoms with Gasteiger partial charge in [-0.2, -0.15) is 0 Å². The zero-order valence-corrected chi connectivity index (χ0v) is 13.7. The molecule has 0 aromatic heterocycles. The first-order valence-corrected chi connectivity index (χ1v) is 8.43. The van der Waals surface area contributed by atoms with E-state index in [-0.39, 0.29) is 18.3 Å². The molecule has 0 saturated carbocycles. The highest BCUT2D eigenvalue weighted by Crippen LogP contribution is 2.31. The second kappa shape index (κ2) is 6.78. The van der Waals surface area contributed by atoms with Crippen LogP contribution in [0.25, 0.3) is 0 Å². The molecule has 2 unspecified atom stereocenters. The van der Waals surface area contributed by atoms with Gasteiger partial charge < -0.3 is 15.2 Å². The van der Waals surface area contributed by atoms with Gasteiger partial charge in [0.1, 0.15) is 16.8 Å². The second-order valence-electron chi connectivity index (χ2n) is 5.17. The van der Waals surface area contributed by atoms with E-state index in [2.05, 4.69) is 13.8 Å². The number of ether oxygens (including phenoxy) is 2. The molecule has 2 atom stereocenters. The third-order valence-electron chi connectivity index (χ3n) is 3.40. The molecule has 1 aromatic rings. The van der Waals surface area contributed by atoms with E-state index in [1.54, 1.807) is 11.8 Å². The Morgan fingerprint density at radius 2 is 2.00 bits per heavy atom. The van der Waals surface area contributed by atoms with Gasteiger partial charge in [0.05, 0.1) is 17.8 Å². The lowest BCUT2D eigenvalue weighted by Crippen LogP contribution is -2.36. The first-order valence-electron chi connectivity index (χ1n) is 6.80. The van der Waals surface area contributed by atoms with Crippen LogP contribution >= 0.6 is 24.0 Å². The van der Waals surface area contributed by atoms with E-state index in [9.17, 15) is 0 Å². The van der Waals surface area contributed by atoms with Crippen LogP contribution in [0.3, 0.4) is 0 Å². The monoisotopic (exact) mass is 311 g/mol. The fourth-order valence-electron chi connectivity index (χ4n) is 2.64. The molecule has 1 saturated heterocycles. The number of benzene rings is 1. The van der Waals surface area contributed by atoms with Gasteiger partial charge in [-0.3, -0.25) is 0 Å². The number of thioether (sulfide) groups is 1. The molecule has 2 rings (SSSR count). The summed E-state index contributed by atoms with van der Waals surface area (Å²) in [5.74, 6) is 0.788. The molecule has 0 bridgehead atoms. The largest absolute Gasteiger partial charge is 0.489 e. The number of rotatable bonds is 4. The first-order chi connectivity index (χ1) is 9.51. The molecule has 3 nitrogen and oxygen atoms in total. The van der Waals surface area contributed by atoms with Gasteiger partial charge in [-0.25, -0.2) is 0 Å². The maximum atomic E-state index is 6.17. The number of nitrogens with two attached hydrogens (primary N) is 1. The predicted molar refractivity (Wildman–Crippen MR) is 87.8 cm³/mol.